The molecule has 30 heavy (non-hydrogen) atoms. The molecule has 156 valence electrons. The van der Waals surface area contributed by atoms with Gasteiger partial charge in [-0.25, -0.2) is 9.78 Å². The lowest BCUT2D eigenvalue weighted by Gasteiger charge is -2.18. The number of thiazole rings is 1. The maximum Gasteiger partial charge on any atom is 0.338 e. The highest BCUT2D eigenvalue weighted by molar-refractivity contribution is 7.98. The molecule has 1 aromatic heterocycles. The maximum absolute atomic E-state index is 12.4. The Morgan fingerprint density at radius 2 is 1.80 bits per heavy atom. The number of benzene rings is 2. The van der Waals surface area contributed by atoms with E-state index in [4.69, 9.17) is 4.74 Å². The normalized spacial score (nSPS) is 12.8. The fraction of sp³-hybridized carbons (Fsp3) is 0.261. The third-order valence-electron chi connectivity index (χ3n) is 4.45. The second-order valence-electron chi connectivity index (χ2n) is 6.86. The van der Waals surface area contributed by atoms with Crippen LogP contribution in [-0.4, -0.2) is 23.0 Å². The molecular weight excluding hydrogens is 416 g/mol. The van der Waals surface area contributed by atoms with Crippen LogP contribution in [0, 0.1) is 6.92 Å². The second-order valence-corrected chi connectivity index (χ2v) is 8.97. The van der Waals surface area contributed by atoms with Gasteiger partial charge in [0.2, 0.25) is 0 Å². The molecule has 3 rings (SSSR count). The van der Waals surface area contributed by atoms with Crippen molar-refractivity contribution in [3.63, 3.8) is 0 Å². The van der Waals surface area contributed by atoms with Crippen LogP contribution in [0.5, 0.6) is 0 Å². The minimum Gasteiger partial charge on any atom is -0.449 e. The molecule has 0 bridgehead atoms. The van der Waals surface area contributed by atoms with Gasteiger partial charge >= 0.3 is 5.97 Å². The van der Waals surface area contributed by atoms with E-state index >= 15 is 0 Å². The van der Waals surface area contributed by atoms with Gasteiger partial charge in [-0.3, -0.25) is 4.79 Å². The summed E-state index contributed by atoms with van der Waals surface area (Å²) in [6.45, 7) is 5.46. The topological polar surface area (TPSA) is 68.3 Å². The number of rotatable bonds is 8. The minimum absolute atomic E-state index is 0.169. The molecule has 0 fully saturated rings. The van der Waals surface area contributed by atoms with Crippen LogP contribution in [0.1, 0.15) is 46.5 Å². The van der Waals surface area contributed by atoms with Crippen molar-refractivity contribution in [3.8, 4) is 0 Å². The first kappa shape index (κ1) is 22.1. The number of aryl methyl sites for hydroxylation is 1. The molecule has 3 aromatic rings. The summed E-state index contributed by atoms with van der Waals surface area (Å²) in [6, 6.07) is 16.7. The van der Waals surface area contributed by atoms with Gasteiger partial charge in [-0.15, -0.1) is 23.1 Å². The highest BCUT2D eigenvalue weighted by Crippen LogP contribution is 2.24. The van der Waals surface area contributed by atoms with E-state index in [-0.39, 0.29) is 11.9 Å². The van der Waals surface area contributed by atoms with E-state index in [1.54, 1.807) is 42.2 Å². The molecule has 1 heterocycles. The van der Waals surface area contributed by atoms with Crippen LogP contribution in [0.4, 0.5) is 0 Å². The van der Waals surface area contributed by atoms with E-state index in [2.05, 4.69) is 15.7 Å². The van der Waals surface area contributed by atoms with Crippen LogP contribution in [0.3, 0.4) is 0 Å². The van der Waals surface area contributed by atoms with E-state index in [0.29, 0.717) is 5.56 Å². The summed E-state index contributed by atoms with van der Waals surface area (Å²) in [7, 11) is 0. The Bertz CT molecular complexity index is 987. The van der Waals surface area contributed by atoms with Gasteiger partial charge in [0.05, 0.1) is 22.3 Å². The standard InChI is InChI=1S/C23H24N2O3S2/c1-15(18-7-5-4-6-8-18)24-22(26)16(2)28-23(27)19-9-11-21(12-10-19)30-14-20-13-29-17(3)25-20/h4-13,15-16H,14H2,1-3H3,(H,24,26)/t15-,16+/m0/s1. The largest absolute Gasteiger partial charge is 0.449 e. The van der Waals surface area contributed by atoms with Crippen LogP contribution in [0.25, 0.3) is 0 Å². The molecule has 5 nitrogen and oxygen atoms in total. The summed E-state index contributed by atoms with van der Waals surface area (Å²) in [5.74, 6) is -0.0626. The summed E-state index contributed by atoms with van der Waals surface area (Å²) in [5, 5.41) is 5.98. The minimum atomic E-state index is -0.884. The van der Waals surface area contributed by atoms with Crippen molar-refractivity contribution >= 4 is 35.0 Å². The Labute approximate surface area is 184 Å². The number of nitrogens with zero attached hydrogens (tertiary/aromatic N) is 1. The molecule has 0 unspecified atom stereocenters. The van der Waals surface area contributed by atoms with E-state index in [9.17, 15) is 9.59 Å². The molecule has 7 heteroatoms. The zero-order valence-electron chi connectivity index (χ0n) is 17.1. The molecule has 0 aliphatic carbocycles. The molecule has 0 aliphatic heterocycles. The summed E-state index contributed by atoms with van der Waals surface area (Å²) < 4.78 is 5.34. The van der Waals surface area contributed by atoms with Crippen LogP contribution in [0.15, 0.2) is 64.9 Å². The lowest BCUT2D eigenvalue weighted by molar-refractivity contribution is -0.129. The van der Waals surface area contributed by atoms with E-state index < -0.39 is 12.1 Å². The van der Waals surface area contributed by atoms with Gasteiger partial charge in [0.1, 0.15) is 0 Å². The van der Waals surface area contributed by atoms with Crippen molar-refractivity contribution in [2.75, 3.05) is 0 Å². The monoisotopic (exact) mass is 440 g/mol. The molecule has 2 aromatic carbocycles. The van der Waals surface area contributed by atoms with Crippen molar-refractivity contribution in [1.29, 1.82) is 0 Å². The van der Waals surface area contributed by atoms with E-state index in [1.165, 1.54) is 0 Å². The molecule has 0 spiro atoms. The number of aromatic nitrogens is 1. The van der Waals surface area contributed by atoms with E-state index in [0.717, 1.165) is 26.9 Å². The highest BCUT2D eigenvalue weighted by atomic mass is 32.2. The van der Waals surface area contributed by atoms with E-state index in [1.807, 2.05) is 56.3 Å². The van der Waals surface area contributed by atoms with Gasteiger partial charge in [-0.1, -0.05) is 30.3 Å². The fourth-order valence-electron chi connectivity index (χ4n) is 2.76. The third kappa shape index (κ3) is 6.18. The average molecular weight is 441 g/mol. The zero-order chi connectivity index (χ0) is 21.5. The number of ether oxygens (including phenoxy) is 1. The third-order valence-corrected chi connectivity index (χ3v) is 6.32. The smallest absolute Gasteiger partial charge is 0.338 e. The number of carbonyl (C=O) groups is 2. The van der Waals surface area contributed by atoms with Gasteiger partial charge in [0.15, 0.2) is 6.10 Å². The summed E-state index contributed by atoms with van der Waals surface area (Å²) >= 11 is 3.30. The lowest BCUT2D eigenvalue weighted by atomic mass is 10.1. The number of hydrogen-bond acceptors (Lipinski definition) is 6. The number of carbonyl (C=O) groups excluding carboxylic acids is 2. The first-order valence-corrected chi connectivity index (χ1v) is 11.5. The zero-order valence-corrected chi connectivity index (χ0v) is 18.8. The number of thioether (sulfide) groups is 1. The fourth-order valence-corrected chi connectivity index (χ4v) is 4.27. The summed E-state index contributed by atoms with van der Waals surface area (Å²) in [5.41, 5.74) is 2.46. The molecule has 0 radical (unpaired) electrons. The first-order valence-electron chi connectivity index (χ1n) is 9.62. The van der Waals surface area contributed by atoms with Gasteiger partial charge < -0.3 is 10.1 Å². The van der Waals surface area contributed by atoms with Crippen LogP contribution < -0.4 is 5.32 Å². The Hall–Kier alpha value is -2.64. The Morgan fingerprint density at radius 1 is 1.10 bits per heavy atom. The molecule has 0 saturated heterocycles. The van der Waals surface area contributed by atoms with Gasteiger partial charge in [-0.05, 0) is 50.6 Å². The Morgan fingerprint density at radius 3 is 2.43 bits per heavy atom. The lowest BCUT2D eigenvalue weighted by Crippen LogP contribution is -2.37. The highest BCUT2D eigenvalue weighted by Gasteiger charge is 2.20. The van der Waals surface area contributed by atoms with Gasteiger partial charge in [-0.2, -0.15) is 0 Å². The predicted molar refractivity (Wildman–Crippen MR) is 121 cm³/mol. The number of esters is 1. The van der Waals surface area contributed by atoms with Crippen LogP contribution >= 0.6 is 23.1 Å². The molecule has 1 N–H and O–H groups in total. The summed E-state index contributed by atoms with van der Waals surface area (Å²) in [6.07, 6.45) is -0.884. The van der Waals surface area contributed by atoms with Crippen molar-refractivity contribution in [2.24, 2.45) is 0 Å². The molecule has 0 saturated carbocycles. The maximum atomic E-state index is 12.4. The van der Waals surface area contributed by atoms with Crippen LogP contribution in [0.2, 0.25) is 0 Å². The molecule has 1 amide bonds. The predicted octanol–water partition coefficient (Wildman–Crippen LogP) is 5.17. The first-order chi connectivity index (χ1) is 14.4. The van der Waals surface area contributed by atoms with Gasteiger partial charge in [0.25, 0.3) is 5.91 Å². The van der Waals surface area contributed by atoms with Gasteiger partial charge in [0, 0.05) is 16.0 Å². The van der Waals surface area contributed by atoms with Crippen molar-refractivity contribution in [2.45, 2.75) is 43.6 Å². The number of amides is 1. The molecule has 2 atom stereocenters. The summed E-state index contributed by atoms with van der Waals surface area (Å²) in [4.78, 5) is 30.3. The SMILES string of the molecule is Cc1nc(CSc2ccc(C(=O)O[C@H](C)C(=O)N[C@@H](C)c3ccccc3)cc2)cs1. The van der Waals surface area contributed by atoms with Crippen molar-refractivity contribution in [3.05, 3.63) is 81.8 Å². The Kier molecular flexibility index (Phi) is 7.65. The molecular formula is C23H24N2O3S2. The number of nitrogens with one attached hydrogen (secondary N) is 1. The quantitative estimate of drug-likeness (QED) is 0.387. The van der Waals surface area contributed by atoms with Crippen LogP contribution in [-0.2, 0) is 15.3 Å². The Balaban J connectivity index is 1.50. The van der Waals surface area contributed by atoms with Crippen molar-refractivity contribution < 1.29 is 14.3 Å². The van der Waals surface area contributed by atoms with Crippen molar-refractivity contribution in [1.82, 2.24) is 10.3 Å². The number of hydrogen-bond donors (Lipinski definition) is 1. The second kappa shape index (κ2) is 10.4. The average Bonchev–Trinajstić information content (AvgIpc) is 3.18. The molecule has 0 aliphatic rings.